The van der Waals surface area contributed by atoms with E-state index in [1.807, 2.05) is 37.7 Å². The van der Waals surface area contributed by atoms with E-state index in [0.717, 1.165) is 21.9 Å². The van der Waals surface area contributed by atoms with Crippen LogP contribution in [0.3, 0.4) is 0 Å². The van der Waals surface area contributed by atoms with Gasteiger partial charge in [-0.3, -0.25) is 4.79 Å². The minimum atomic E-state index is -0.0424. The molecule has 0 atom stereocenters. The fourth-order valence-electron chi connectivity index (χ4n) is 1.85. The van der Waals surface area contributed by atoms with Crippen LogP contribution in [0.1, 0.15) is 11.8 Å². The molecule has 0 radical (unpaired) electrons. The van der Waals surface area contributed by atoms with Crippen LogP contribution in [0, 0.1) is 0 Å². The van der Waals surface area contributed by atoms with Crippen LogP contribution in [0.5, 0.6) is 0 Å². The lowest BCUT2D eigenvalue weighted by atomic mass is 10.2. The van der Waals surface area contributed by atoms with E-state index in [4.69, 9.17) is 0 Å². The van der Waals surface area contributed by atoms with Crippen LogP contribution in [0.15, 0.2) is 35.7 Å². The summed E-state index contributed by atoms with van der Waals surface area (Å²) in [6.45, 7) is 2.22. The quantitative estimate of drug-likeness (QED) is 0.887. The van der Waals surface area contributed by atoms with Gasteiger partial charge in [0.05, 0.1) is 12.2 Å². The van der Waals surface area contributed by atoms with Gasteiger partial charge in [-0.15, -0.1) is 11.3 Å². The smallest absolute Gasteiger partial charge is 0.221 e. The van der Waals surface area contributed by atoms with E-state index in [1.165, 1.54) is 6.92 Å². The van der Waals surface area contributed by atoms with Crippen LogP contribution >= 0.6 is 11.3 Å². The van der Waals surface area contributed by atoms with Crippen molar-refractivity contribution in [3.63, 3.8) is 0 Å². The third kappa shape index (κ3) is 3.74. The summed E-state index contributed by atoms with van der Waals surface area (Å²) in [5, 5.41) is 8.22. The SMILES string of the molecule is CC(=O)Nc1ccsc1CNc1cccc(N(C)C)c1. The monoisotopic (exact) mass is 289 g/mol. The zero-order valence-electron chi connectivity index (χ0n) is 11.9. The average molecular weight is 289 g/mol. The molecule has 2 N–H and O–H groups in total. The van der Waals surface area contributed by atoms with E-state index in [0.29, 0.717) is 6.54 Å². The van der Waals surface area contributed by atoms with Crippen molar-refractivity contribution in [2.45, 2.75) is 13.5 Å². The highest BCUT2D eigenvalue weighted by atomic mass is 32.1. The molecule has 2 aromatic rings. The van der Waals surface area contributed by atoms with Crippen LogP contribution in [-0.2, 0) is 11.3 Å². The van der Waals surface area contributed by atoms with Crippen LogP contribution in [0.4, 0.5) is 17.1 Å². The van der Waals surface area contributed by atoms with E-state index in [2.05, 4.69) is 27.7 Å². The first-order valence-corrected chi connectivity index (χ1v) is 7.29. The van der Waals surface area contributed by atoms with Gasteiger partial charge in [0.25, 0.3) is 0 Å². The number of hydrogen-bond acceptors (Lipinski definition) is 4. The van der Waals surface area contributed by atoms with E-state index in [1.54, 1.807) is 11.3 Å². The molecule has 1 aromatic heterocycles. The Balaban J connectivity index is 2.03. The average Bonchev–Trinajstić information content (AvgIpc) is 2.83. The lowest BCUT2D eigenvalue weighted by Gasteiger charge is -2.14. The van der Waals surface area contributed by atoms with Gasteiger partial charge < -0.3 is 15.5 Å². The molecule has 106 valence electrons. The van der Waals surface area contributed by atoms with Gasteiger partial charge in [-0.2, -0.15) is 0 Å². The molecule has 20 heavy (non-hydrogen) atoms. The zero-order valence-corrected chi connectivity index (χ0v) is 12.8. The third-order valence-corrected chi connectivity index (χ3v) is 3.79. The van der Waals surface area contributed by atoms with E-state index in [-0.39, 0.29) is 5.91 Å². The summed E-state index contributed by atoms with van der Waals surface area (Å²) in [7, 11) is 4.04. The topological polar surface area (TPSA) is 44.4 Å². The van der Waals surface area contributed by atoms with E-state index < -0.39 is 0 Å². The molecular formula is C15H19N3OS. The van der Waals surface area contributed by atoms with Gasteiger partial charge in [0.1, 0.15) is 0 Å². The molecule has 0 fully saturated rings. The zero-order chi connectivity index (χ0) is 14.5. The molecule has 1 heterocycles. The molecule has 1 amide bonds. The second-order valence-electron chi connectivity index (χ2n) is 4.74. The third-order valence-electron chi connectivity index (χ3n) is 2.87. The highest BCUT2D eigenvalue weighted by Gasteiger charge is 2.06. The number of rotatable bonds is 5. The highest BCUT2D eigenvalue weighted by Crippen LogP contribution is 2.24. The molecule has 0 aliphatic rings. The maximum absolute atomic E-state index is 11.1. The van der Waals surface area contributed by atoms with E-state index >= 15 is 0 Å². The standard InChI is InChI=1S/C15H19N3OS/c1-11(19)17-14-7-8-20-15(14)10-16-12-5-4-6-13(9-12)18(2)3/h4-9,16H,10H2,1-3H3,(H,17,19). The molecule has 0 spiro atoms. The minimum absolute atomic E-state index is 0.0424. The van der Waals surface area contributed by atoms with Gasteiger partial charge in [-0.05, 0) is 29.6 Å². The predicted molar refractivity (Wildman–Crippen MR) is 86.7 cm³/mol. The maximum atomic E-state index is 11.1. The van der Waals surface area contributed by atoms with Crippen molar-refractivity contribution in [2.24, 2.45) is 0 Å². The van der Waals surface area contributed by atoms with Crippen molar-refractivity contribution < 1.29 is 4.79 Å². The summed E-state index contributed by atoms with van der Waals surface area (Å²) in [4.78, 5) is 14.3. The second kappa shape index (κ2) is 6.43. The summed E-state index contributed by atoms with van der Waals surface area (Å²) in [6, 6.07) is 10.2. The molecule has 5 heteroatoms. The molecular weight excluding hydrogens is 270 g/mol. The number of thiophene rings is 1. The highest BCUT2D eigenvalue weighted by molar-refractivity contribution is 7.10. The van der Waals surface area contributed by atoms with Gasteiger partial charge in [-0.1, -0.05) is 6.07 Å². The van der Waals surface area contributed by atoms with Gasteiger partial charge in [0, 0.05) is 37.3 Å². The first kappa shape index (κ1) is 14.4. The Labute approximate surface area is 123 Å². The molecule has 0 aliphatic carbocycles. The van der Waals surface area contributed by atoms with Crippen LogP contribution in [-0.4, -0.2) is 20.0 Å². The number of anilines is 3. The minimum Gasteiger partial charge on any atom is -0.380 e. The Hall–Kier alpha value is -2.01. The van der Waals surface area contributed by atoms with Crippen molar-refractivity contribution in [1.29, 1.82) is 0 Å². The van der Waals surface area contributed by atoms with E-state index in [9.17, 15) is 4.79 Å². The number of carbonyl (C=O) groups excluding carboxylic acids is 1. The molecule has 1 aromatic carbocycles. The summed E-state index contributed by atoms with van der Waals surface area (Å²) in [6.07, 6.45) is 0. The largest absolute Gasteiger partial charge is 0.380 e. The molecule has 4 nitrogen and oxygen atoms in total. The maximum Gasteiger partial charge on any atom is 0.221 e. The number of benzene rings is 1. The first-order chi connectivity index (χ1) is 9.56. The summed E-state index contributed by atoms with van der Waals surface area (Å²) in [5.41, 5.74) is 3.11. The number of nitrogens with zero attached hydrogens (tertiary/aromatic N) is 1. The van der Waals surface area contributed by atoms with Crippen LogP contribution in [0.25, 0.3) is 0 Å². The van der Waals surface area contributed by atoms with Crippen molar-refractivity contribution in [3.8, 4) is 0 Å². The van der Waals surface area contributed by atoms with Crippen molar-refractivity contribution in [2.75, 3.05) is 29.6 Å². The fourth-order valence-corrected chi connectivity index (χ4v) is 2.62. The Morgan fingerprint density at radius 2 is 2.10 bits per heavy atom. The summed E-state index contributed by atoms with van der Waals surface area (Å²) >= 11 is 1.63. The number of nitrogens with one attached hydrogen (secondary N) is 2. The Kier molecular flexibility index (Phi) is 4.63. The molecule has 0 saturated carbocycles. The molecule has 0 bridgehead atoms. The Morgan fingerprint density at radius 3 is 2.80 bits per heavy atom. The van der Waals surface area contributed by atoms with Crippen molar-refractivity contribution in [1.82, 2.24) is 0 Å². The number of hydrogen-bond donors (Lipinski definition) is 2. The number of amides is 1. The fraction of sp³-hybridized carbons (Fsp3) is 0.267. The summed E-state index contributed by atoms with van der Waals surface area (Å²) < 4.78 is 0. The second-order valence-corrected chi connectivity index (χ2v) is 5.74. The molecule has 0 aliphatic heterocycles. The van der Waals surface area contributed by atoms with Gasteiger partial charge in [0.15, 0.2) is 0 Å². The lowest BCUT2D eigenvalue weighted by molar-refractivity contribution is -0.114. The van der Waals surface area contributed by atoms with Crippen LogP contribution in [0.2, 0.25) is 0 Å². The molecule has 2 rings (SSSR count). The molecule has 0 saturated heterocycles. The van der Waals surface area contributed by atoms with Gasteiger partial charge in [-0.25, -0.2) is 0 Å². The molecule has 0 unspecified atom stereocenters. The summed E-state index contributed by atoms with van der Waals surface area (Å²) in [5.74, 6) is -0.0424. The normalized spacial score (nSPS) is 10.2. The predicted octanol–water partition coefficient (Wildman–Crippen LogP) is 3.38. The number of carbonyl (C=O) groups is 1. The van der Waals surface area contributed by atoms with Crippen molar-refractivity contribution in [3.05, 3.63) is 40.6 Å². The first-order valence-electron chi connectivity index (χ1n) is 6.41. The van der Waals surface area contributed by atoms with Crippen LogP contribution < -0.4 is 15.5 Å². The van der Waals surface area contributed by atoms with Crippen molar-refractivity contribution >= 4 is 34.3 Å². The Morgan fingerprint density at radius 1 is 1.30 bits per heavy atom. The Bertz CT molecular complexity index is 592. The lowest BCUT2D eigenvalue weighted by Crippen LogP contribution is -2.10. The van der Waals surface area contributed by atoms with Gasteiger partial charge >= 0.3 is 0 Å². The van der Waals surface area contributed by atoms with Gasteiger partial charge in [0.2, 0.25) is 5.91 Å².